The van der Waals surface area contributed by atoms with Crippen LogP contribution in [0.25, 0.3) is 0 Å². The number of epoxide rings is 1. The molecule has 1 atom stereocenters. The Kier molecular flexibility index (Phi) is 4.77. The van der Waals surface area contributed by atoms with E-state index >= 15 is 0 Å². The Morgan fingerprint density at radius 3 is 3.00 bits per heavy atom. The zero-order chi connectivity index (χ0) is 7.94. The summed E-state index contributed by atoms with van der Waals surface area (Å²) >= 11 is 0. The molecule has 1 rings (SSSR count). The molecule has 1 unspecified atom stereocenters. The fraction of sp³-hybridized carbons (Fsp3) is 1.00. The number of ether oxygens (including phenoxy) is 1. The van der Waals surface area contributed by atoms with Crippen LogP contribution in [0.4, 0.5) is 0 Å². The highest BCUT2D eigenvalue weighted by molar-refractivity contribution is 6.17. The second-order valence-electron chi connectivity index (χ2n) is 2.71. The van der Waals surface area contributed by atoms with Crippen LogP contribution >= 0.6 is 0 Å². The molecule has 0 spiro atoms. The molecular formula is C7H16O3Si. The Balaban J connectivity index is 1.66. The van der Waals surface area contributed by atoms with Crippen LogP contribution in [0.5, 0.6) is 0 Å². The van der Waals surface area contributed by atoms with Crippen LogP contribution in [0.1, 0.15) is 19.8 Å². The summed E-state index contributed by atoms with van der Waals surface area (Å²) in [5, 5.41) is 0. The van der Waals surface area contributed by atoms with E-state index in [0.29, 0.717) is 6.10 Å². The predicted octanol–water partition coefficient (Wildman–Crippen LogP) is 0.217. The van der Waals surface area contributed by atoms with E-state index in [4.69, 9.17) is 13.6 Å². The maximum Gasteiger partial charge on any atom is 0.304 e. The highest BCUT2D eigenvalue weighted by Gasteiger charge is 2.21. The third kappa shape index (κ3) is 5.38. The van der Waals surface area contributed by atoms with Gasteiger partial charge in [0.15, 0.2) is 0 Å². The third-order valence-corrected chi connectivity index (χ3v) is 2.37. The van der Waals surface area contributed by atoms with Gasteiger partial charge in [-0.25, -0.2) is 0 Å². The lowest BCUT2D eigenvalue weighted by Crippen LogP contribution is -2.09. The van der Waals surface area contributed by atoms with Crippen LogP contribution in [0.2, 0.25) is 0 Å². The summed E-state index contributed by atoms with van der Waals surface area (Å²) in [6, 6.07) is 0. The van der Waals surface area contributed by atoms with E-state index in [1.807, 2.05) is 0 Å². The van der Waals surface area contributed by atoms with Gasteiger partial charge >= 0.3 is 10.0 Å². The lowest BCUT2D eigenvalue weighted by atomic mass is 10.4. The van der Waals surface area contributed by atoms with Crippen molar-refractivity contribution in [3.05, 3.63) is 0 Å². The van der Waals surface area contributed by atoms with E-state index in [-0.39, 0.29) is 0 Å². The maximum atomic E-state index is 5.31. The highest BCUT2D eigenvalue weighted by Crippen LogP contribution is 2.07. The molecular weight excluding hydrogens is 160 g/mol. The second-order valence-corrected chi connectivity index (χ2v) is 3.76. The van der Waals surface area contributed by atoms with Crippen LogP contribution in [0.3, 0.4) is 0 Å². The van der Waals surface area contributed by atoms with Crippen molar-refractivity contribution >= 4 is 10.0 Å². The smallest absolute Gasteiger partial charge is 0.304 e. The summed E-state index contributed by atoms with van der Waals surface area (Å²) < 4.78 is 15.6. The first-order chi connectivity index (χ1) is 5.43. The predicted molar refractivity (Wildman–Crippen MR) is 45.1 cm³/mol. The lowest BCUT2D eigenvalue weighted by molar-refractivity contribution is 0.200. The van der Waals surface area contributed by atoms with E-state index in [0.717, 1.165) is 26.2 Å². The summed E-state index contributed by atoms with van der Waals surface area (Å²) in [4.78, 5) is 0. The topological polar surface area (TPSA) is 31.0 Å². The Bertz CT molecular complexity index is 95.7. The first-order valence-electron chi connectivity index (χ1n) is 4.20. The Morgan fingerprint density at radius 1 is 1.55 bits per heavy atom. The molecule has 0 saturated carbocycles. The van der Waals surface area contributed by atoms with Crippen molar-refractivity contribution in [3.8, 4) is 0 Å². The molecule has 0 amide bonds. The number of hydrogen-bond donors (Lipinski definition) is 0. The molecule has 0 aromatic carbocycles. The van der Waals surface area contributed by atoms with Crippen LogP contribution in [0.15, 0.2) is 0 Å². The van der Waals surface area contributed by atoms with Crippen molar-refractivity contribution < 1.29 is 13.6 Å². The molecule has 0 radical (unpaired) electrons. The summed E-state index contributed by atoms with van der Waals surface area (Å²) in [6.07, 6.45) is 2.73. The van der Waals surface area contributed by atoms with Crippen molar-refractivity contribution in [2.75, 3.05) is 19.8 Å². The Hall–Kier alpha value is 0.0969. The average Bonchev–Trinajstić information content (AvgIpc) is 2.80. The molecule has 11 heavy (non-hydrogen) atoms. The molecule has 66 valence electrons. The minimum atomic E-state index is -0.692. The first kappa shape index (κ1) is 9.19. The molecule has 3 nitrogen and oxygen atoms in total. The van der Waals surface area contributed by atoms with Gasteiger partial charge in [0.2, 0.25) is 0 Å². The zero-order valence-corrected chi connectivity index (χ0v) is 8.46. The minimum absolute atomic E-state index is 0.386. The Labute approximate surface area is 70.1 Å². The summed E-state index contributed by atoms with van der Waals surface area (Å²) in [5.74, 6) is 0. The van der Waals surface area contributed by atoms with Gasteiger partial charge < -0.3 is 13.6 Å². The van der Waals surface area contributed by atoms with Crippen molar-refractivity contribution in [2.24, 2.45) is 0 Å². The van der Waals surface area contributed by atoms with E-state index in [1.165, 1.54) is 6.42 Å². The maximum absolute atomic E-state index is 5.31. The lowest BCUT2D eigenvalue weighted by Gasteiger charge is -2.02. The van der Waals surface area contributed by atoms with E-state index in [9.17, 15) is 0 Å². The molecule has 1 saturated heterocycles. The minimum Gasteiger partial charge on any atom is -0.399 e. The van der Waals surface area contributed by atoms with Gasteiger partial charge in [0.25, 0.3) is 0 Å². The normalized spacial score (nSPS) is 23.2. The van der Waals surface area contributed by atoms with Gasteiger partial charge in [-0.05, 0) is 6.42 Å². The van der Waals surface area contributed by atoms with Gasteiger partial charge in [0.1, 0.15) is 6.10 Å². The van der Waals surface area contributed by atoms with Crippen molar-refractivity contribution in [2.45, 2.75) is 25.9 Å². The summed E-state index contributed by atoms with van der Waals surface area (Å²) in [6.45, 7) is 4.65. The van der Waals surface area contributed by atoms with Crippen molar-refractivity contribution in [1.82, 2.24) is 0 Å². The first-order valence-corrected chi connectivity index (χ1v) is 5.36. The fourth-order valence-corrected chi connectivity index (χ4v) is 1.51. The van der Waals surface area contributed by atoms with E-state index in [2.05, 4.69) is 6.92 Å². The van der Waals surface area contributed by atoms with Crippen molar-refractivity contribution in [1.29, 1.82) is 0 Å². The van der Waals surface area contributed by atoms with Crippen LogP contribution in [-0.4, -0.2) is 35.9 Å². The largest absolute Gasteiger partial charge is 0.399 e. The Morgan fingerprint density at radius 2 is 2.36 bits per heavy atom. The van der Waals surface area contributed by atoms with Gasteiger partial charge in [0, 0.05) is 6.61 Å². The van der Waals surface area contributed by atoms with Crippen LogP contribution in [0, 0.1) is 0 Å². The summed E-state index contributed by atoms with van der Waals surface area (Å²) in [5.41, 5.74) is 0. The molecule has 0 aliphatic carbocycles. The summed E-state index contributed by atoms with van der Waals surface area (Å²) in [7, 11) is -0.692. The van der Waals surface area contributed by atoms with Gasteiger partial charge in [-0.15, -0.1) is 0 Å². The fourth-order valence-electron chi connectivity index (χ4n) is 0.708. The molecule has 0 aromatic heterocycles. The molecule has 1 aliphatic heterocycles. The van der Waals surface area contributed by atoms with Gasteiger partial charge in [-0.1, -0.05) is 13.3 Å². The molecule has 4 heteroatoms. The van der Waals surface area contributed by atoms with Gasteiger partial charge in [-0.3, -0.25) is 0 Å². The third-order valence-electron chi connectivity index (χ3n) is 1.52. The molecule has 0 bridgehead atoms. The highest BCUT2D eigenvalue weighted by atomic mass is 28.3. The molecule has 0 N–H and O–H groups in total. The van der Waals surface area contributed by atoms with Gasteiger partial charge in [0.05, 0.1) is 13.2 Å². The van der Waals surface area contributed by atoms with E-state index in [1.54, 1.807) is 0 Å². The number of unbranched alkanes of at least 4 members (excludes halogenated alkanes) is 1. The standard InChI is InChI=1S/C7H16O3Si/c1-2-3-4-9-11-10-6-7-5-8-7/h7H,2-6,11H2,1H3. The van der Waals surface area contributed by atoms with Crippen LogP contribution in [-0.2, 0) is 13.6 Å². The zero-order valence-electron chi connectivity index (χ0n) is 7.04. The van der Waals surface area contributed by atoms with Crippen molar-refractivity contribution in [3.63, 3.8) is 0 Å². The number of rotatable bonds is 7. The second kappa shape index (κ2) is 5.71. The quantitative estimate of drug-likeness (QED) is 0.316. The molecule has 0 aromatic rings. The average molecular weight is 176 g/mol. The molecule has 1 aliphatic rings. The van der Waals surface area contributed by atoms with Crippen LogP contribution < -0.4 is 0 Å². The van der Waals surface area contributed by atoms with E-state index < -0.39 is 10.0 Å². The molecule has 1 fully saturated rings. The molecule has 1 heterocycles. The number of hydrogen-bond acceptors (Lipinski definition) is 3. The monoisotopic (exact) mass is 176 g/mol. The van der Waals surface area contributed by atoms with Gasteiger partial charge in [-0.2, -0.15) is 0 Å². The SMILES string of the molecule is CCCCO[SiH2]OCC1CO1.